The van der Waals surface area contributed by atoms with Gasteiger partial charge in [0.15, 0.2) is 0 Å². The van der Waals surface area contributed by atoms with Crippen LogP contribution in [0.2, 0.25) is 0 Å². The summed E-state index contributed by atoms with van der Waals surface area (Å²) in [6.07, 6.45) is 5.36. The summed E-state index contributed by atoms with van der Waals surface area (Å²) >= 11 is 0. The van der Waals surface area contributed by atoms with Crippen molar-refractivity contribution in [2.75, 3.05) is 66.5 Å². The highest BCUT2D eigenvalue weighted by molar-refractivity contribution is 7.89. The molecule has 5 N–H and O–H groups in total. The smallest absolute Gasteiger partial charge is 0.262 e. The van der Waals surface area contributed by atoms with E-state index in [0.29, 0.717) is 56.6 Å². The van der Waals surface area contributed by atoms with Gasteiger partial charge >= 0.3 is 0 Å². The number of nitrogens with zero attached hydrogens (tertiary/aromatic N) is 7. The van der Waals surface area contributed by atoms with E-state index >= 15 is 0 Å². The van der Waals surface area contributed by atoms with E-state index in [4.69, 9.17) is 18.9 Å². The third kappa shape index (κ3) is 18.1. The molecular formula is C38H60FN11O11S. The van der Waals surface area contributed by atoms with E-state index in [-0.39, 0.29) is 81.7 Å². The van der Waals surface area contributed by atoms with Crippen LogP contribution in [0.5, 0.6) is 5.75 Å². The lowest BCUT2D eigenvalue weighted by Gasteiger charge is -2.31. The van der Waals surface area contributed by atoms with Gasteiger partial charge in [-0.1, -0.05) is 24.3 Å². The third-order valence-electron chi connectivity index (χ3n) is 9.05. The first-order chi connectivity index (χ1) is 29.8. The van der Waals surface area contributed by atoms with Crippen molar-refractivity contribution in [2.45, 2.75) is 89.5 Å². The van der Waals surface area contributed by atoms with Crippen molar-refractivity contribution < 1.29 is 56.1 Å². The van der Waals surface area contributed by atoms with Gasteiger partial charge in [-0.3, -0.25) is 28.8 Å². The molecule has 22 nitrogen and oxygen atoms in total. The van der Waals surface area contributed by atoms with Crippen LogP contribution in [0.3, 0.4) is 0 Å². The van der Waals surface area contributed by atoms with Crippen LogP contribution in [-0.2, 0) is 69.5 Å². The summed E-state index contributed by atoms with van der Waals surface area (Å²) in [5.41, 5.74) is 2.41. The van der Waals surface area contributed by atoms with Crippen molar-refractivity contribution in [1.29, 1.82) is 0 Å². The fourth-order valence-corrected chi connectivity index (χ4v) is 7.66. The van der Waals surface area contributed by atoms with Crippen LogP contribution in [0.25, 0.3) is 0 Å². The van der Waals surface area contributed by atoms with Gasteiger partial charge in [0.1, 0.15) is 24.4 Å². The third-order valence-corrected chi connectivity index (χ3v) is 10.9. The van der Waals surface area contributed by atoms with Crippen molar-refractivity contribution in [1.82, 2.24) is 55.7 Å². The summed E-state index contributed by atoms with van der Waals surface area (Å²) in [6, 6.07) is 3.64. The van der Waals surface area contributed by atoms with Gasteiger partial charge < -0.3 is 34.9 Å². The Kier molecular flexibility index (Phi) is 22.9. The summed E-state index contributed by atoms with van der Waals surface area (Å²) in [7, 11) is -2.79. The van der Waals surface area contributed by atoms with Crippen molar-refractivity contribution in [3.63, 3.8) is 0 Å². The number of carbonyl (C=O) groups is 4. The maximum atomic E-state index is 13.8. The zero-order valence-electron chi connectivity index (χ0n) is 35.7. The number of unbranched alkanes of at least 4 members (excludes halogenated alkanes) is 1. The van der Waals surface area contributed by atoms with E-state index < -0.39 is 46.5 Å². The summed E-state index contributed by atoms with van der Waals surface area (Å²) in [5.74, 6) is -1.92. The molecule has 0 saturated carbocycles. The van der Waals surface area contributed by atoms with Crippen LogP contribution in [0, 0.1) is 5.92 Å². The first kappa shape index (κ1) is 51.2. The Balaban J connectivity index is 1.35. The average Bonchev–Trinajstić information content (AvgIpc) is 3.90. The predicted molar refractivity (Wildman–Crippen MR) is 219 cm³/mol. The summed E-state index contributed by atoms with van der Waals surface area (Å²) < 4.78 is 65.7. The van der Waals surface area contributed by atoms with Crippen LogP contribution in [-0.4, -0.2) is 150 Å². The number of hydrogen-bond donors (Lipinski definition) is 5. The van der Waals surface area contributed by atoms with Crippen LogP contribution in [0.4, 0.5) is 4.39 Å². The van der Waals surface area contributed by atoms with Gasteiger partial charge in [0, 0.05) is 32.4 Å². The molecule has 0 aliphatic carbocycles. The number of amides is 4. The molecule has 2 heterocycles. The van der Waals surface area contributed by atoms with Crippen LogP contribution in [0.15, 0.2) is 41.6 Å². The SMILES string of the molecule is COc1ccc(S(=O)(=O)N(Cc2cn(CCOCCOCCOCCNC(=O)C(CCCCNC(C)=O)NC(=O)Cn3cc(CCCF)nn3)nn2)[C@@H](C(=O)NO)C(C)C)cc1. The Morgan fingerprint density at radius 1 is 0.839 bits per heavy atom. The molecule has 3 aromatic rings. The number of hydroxylamine groups is 1. The van der Waals surface area contributed by atoms with Crippen molar-refractivity contribution in [3.05, 3.63) is 48.0 Å². The molecular weight excluding hydrogens is 838 g/mol. The number of aryl methyl sites for hydroxylation is 1. The number of carbonyl (C=O) groups excluding carboxylic acids is 4. The number of alkyl halides is 1. The van der Waals surface area contributed by atoms with E-state index in [1.165, 1.54) is 47.7 Å². The maximum Gasteiger partial charge on any atom is 0.262 e. The second-order valence-electron chi connectivity index (χ2n) is 14.3. The number of aromatic nitrogens is 6. The van der Waals surface area contributed by atoms with Crippen LogP contribution < -0.4 is 26.2 Å². The Labute approximate surface area is 360 Å². The number of benzene rings is 1. The minimum Gasteiger partial charge on any atom is -0.497 e. The molecule has 62 heavy (non-hydrogen) atoms. The fraction of sp³-hybridized carbons (Fsp3) is 0.632. The molecule has 1 aromatic carbocycles. The second-order valence-corrected chi connectivity index (χ2v) is 16.2. The first-order valence-corrected chi connectivity index (χ1v) is 21.7. The highest BCUT2D eigenvalue weighted by Crippen LogP contribution is 2.26. The van der Waals surface area contributed by atoms with Crippen LogP contribution in [0.1, 0.15) is 57.8 Å². The normalized spacial score (nSPS) is 12.6. The summed E-state index contributed by atoms with van der Waals surface area (Å²) in [5, 5.41) is 33.6. The molecule has 0 spiro atoms. The van der Waals surface area contributed by atoms with E-state index in [2.05, 4.69) is 36.6 Å². The van der Waals surface area contributed by atoms with Gasteiger partial charge in [-0.15, -0.1) is 10.2 Å². The van der Waals surface area contributed by atoms with Gasteiger partial charge in [0.25, 0.3) is 5.91 Å². The monoisotopic (exact) mass is 897 g/mol. The van der Waals surface area contributed by atoms with Crippen molar-refractivity contribution in [2.24, 2.45) is 5.92 Å². The quantitative estimate of drug-likeness (QED) is 0.0317. The number of methoxy groups -OCH3 is 1. The molecule has 0 saturated heterocycles. The molecule has 3 rings (SSSR count). The highest BCUT2D eigenvalue weighted by Gasteiger charge is 2.38. The molecule has 2 atom stereocenters. The molecule has 0 aliphatic heterocycles. The van der Waals surface area contributed by atoms with E-state index in [1.807, 2.05) is 0 Å². The second kappa shape index (κ2) is 27.7. The molecule has 346 valence electrons. The van der Waals surface area contributed by atoms with Crippen LogP contribution >= 0.6 is 0 Å². The fourth-order valence-electron chi connectivity index (χ4n) is 5.97. The Morgan fingerprint density at radius 2 is 1.48 bits per heavy atom. The minimum atomic E-state index is -4.25. The van der Waals surface area contributed by atoms with E-state index in [9.17, 15) is 37.2 Å². The topological polar surface area (TPSA) is 272 Å². The molecule has 0 radical (unpaired) electrons. The van der Waals surface area contributed by atoms with E-state index in [0.717, 1.165) is 4.31 Å². The lowest BCUT2D eigenvalue weighted by molar-refractivity contribution is -0.134. The molecule has 4 amide bonds. The largest absolute Gasteiger partial charge is 0.497 e. The molecule has 0 aliphatic rings. The maximum absolute atomic E-state index is 13.8. The molecule has 24 heteroatoms. The number of sulfonamides is 1. The van der Waals surface area contributed by atoms with Gasteiger partial charge in [-0.25, -0.2) is 23.3 Å². The Hall–Kier alpha value is -5.14. The van der Waals surface area contributed by atoms with E-state index in [1.54, 1.807) is 31.7 Å². The lowest BCUT2D eigenvalue weighted by atomic mass is 10.0. The Bertz CT molecular complexity index is 1920. The number of halogens is 1. The number of nitrogens with one attached hydrogen (secondary N) is 4. The van der Waals surface area contributed by atoms with Crippen molar-refractivity contribution >= 4 is 33.7 Å². The van der Waals surface area contributed by atoms with Crippen molar-refractivity contribution in [3.8, 4) is 5.75 Å². The zero-order valence-corrected chi connectivity index (χ0v) is 36.5. The molecule has 0 fully saturated rings. The summed E-state index contributed by atoms with van der Waals surface area (Å²) in [6.45, 7) is 6.27. The number of hydrogen-bond acceptors (Lipinski definition) is 15. The number of ether oxygens (including phenoxy) is 4. The molecule has 0 bridgehead atoms. The molecule has 1 unspecified atom stereocenters. The van der Waals surface area contributed by atoms with Gasteiger partial charge in [0.05, 0.1) is 82.8 Å². The predicted octanol–water partition coefficient (Wildman–Crippen LogP) is 0.159. The lowest BCUT2D eigenvalue weighted by Crippen LogP contribution is -2.51. The van der Waals surface area contributed by atoms with Gasteiger partial charge in [0.2, 0.25) is 27.7 Å². The number of rotatable bonds is 32. The standard InChI is InChI=1S/C38H60FN11O11S/c1-28(2)36(38(54)45-55)50(62(56,57)33-12-10-32(58-4)11-13-33)26-31-25-48(46-44-31)17-19-60-21-23-61-22-20-59-18-16-41-37(53)34(9-5-6-15-40-29(3)51)42-35(52)27-49-24-30(43-47-49)8-7-14-39/h10-13,24-25,28,34,36,55H,5-9,14-23,26-27H2,1-4H3,(H,40,51)(H,41,53)(H,42,52)(H,45,54)/t34?,36-/m1/s1. The highest BCUT2D eigenvalue weighted by atomic mass is 32.2. The van der Waals surface area contributed by atoms with Gasteiger partial charge in [-0.2, -0.15) is 4.31 Å². The Morgan fingerprint density at radius 3 is 2.13 bits per heavy atom. The molecule has 2 aromatic heterocycles. The average molecular weight is 898 g/mol. The minimum absolute atomic E-state index is 0.0742. The zero-order chi connectivity index (χ0) is 45.3. The first-order valence-electron chi connectivity index (χ1n) is 20.3. The summed E-state index contributed by atoms with van der Waals surface area (Å²) in [4.78, 5) is 49.5. The van der Waals surface area contributed by atoms with Gasteiger partial charge in [-0.05, 0) is 62.3 Å².